The SMILES string of the molecule is c1ccc(-c2cccc(-c3nc(-c4ccccc4)nc(-c4ccc5c(c4)nc(-c4ccccc4)c4ccc6c(c45)Sc4ccccc4C64c5ccccc5-c5ccccc54)n3)c2)cc1. The lowest BCUT2D eigenvalue weighted by molar-refractivity contribution is 0.726. The lowest BCUT2D eigenvalue weighted by Gasteiger charge is -2.40. The Morgan fingerprint density at radius 1 is 0.328 bits per heavy atom. The third-order valence-electron chi connectivity index (χ3n) is 13.0. The summed E-state index contributed by atoms with van der Waals surface area (Å²) in [7, 11) is 0. The summed E-state index contributed by atoms with van der Waals surface area (Å²) in [6.45, 7) is 0. The highest BCUT2D eigenvalue weighted by atomic mass is 32.2. The van der Waals surface area contributed by atoms with Gasteiger partial charge in [-0.1, -0.05) is 212 Å². The molecule has 2 aliphatic rings. The van der Waals surface area contributed by atoms with Crippen LogP contribution in [-0.2, 0) is 5.41 Å². The molecule has 13 rings (SSSR count). The molecule has 0 radical (unpaired) electrons. The topological polar surface area (TPSA) is 51.6 Å². The molecule has 3 heterocycles. The Morgan fingerprint density at radius 3 is 1.53 bits per heavy atom. The maximum Gasteiger partial charge on any atom is 0.164 e. The molecule has 64 heavy (non-hydrogen) atoms. The fraction of sp³-hybridized carbons (Fsp3) is 0.0169. The van der Waals surface area contributed by atoms with Crippen molar-refractivity contribution in [3.63, 3.8) is 0 Å². The third-order valence-corrected chi connectivity index (χ3v) is 14.2. The van der Waals surface area contributed by atoms with Crippen molar-refractivity contribution >= 4 is 33.4 Å². The largest absolute Gasteiger partial charge is 0.247 e. The molecule has 0 saturated carbocycles. The molecule has 0 unspecified atom stereocenters. The van der Waals surface area contributed by atoms with E-state index in [0.29, 0.717) is 17.5 Å². The Hall–Kier alpha value is -7.99. The van der Waals surface area contributed by atoms with E-state index in [1.165, 1.54) is 48.6 Å². The van der Waals surface area contributed by atoms with Crippen molar-refractivity contribution in [1.29, 1.82) is 0 Å². The molecular formula is C59H36N4S. The number of hydrogen-bond donors (Lipinski definition) is 0. The molecule has 5 heteroatoms. The molecule has 1 aliphatic heterocycles. The summed E-state index contributed by atoms with van der Waals surface area (Å²) in [5, 5.41) is 3.41. The molecule has 4 nitrogen and oxygen atoms in total. The molecule has 0 fully saturated rings. The van der Waals surface area contributed by atoms with Crippen LogP contribution in [0.1, 0.15) is 22.3 Å². The minimum Gasteiger partial charge on any atom is -0.247 e. The summed E-state index contributed by atoms with van der Waals surface area (Å²) >= 11 is 1.88. The zero-order valence-corrected chi connectivity index (χ0v) is 35.3. The Morgan fingerprint density at radius 2 is 0.844 bits per heavy atom. The molecule has 9 aromatic carbocycles. The molecule has 11 aromatic rings. The Kier molecular flexibility index (Phi) is 8.33. The standard InChI is InChI=1S/C59H36N4S/c1-4-17-37(18-5-1)40-23-16-24-41(35-40)57-61-56(39-21-8-3-9-22-39)62-58(63-57)42-31-32-45-51(36-42)60-54(38-19-6-2-7-20-38)46-33-34-50-55(53(45)46)64-52-30-15-14-29-49(52)59(50)47-27-12-10-25-43(47)44-26-11-13-28-48(44)59/h1-36H. The molecule has 0 bridgehead atoms. The van der Waals surface area contributed by atoms with E-state index in [1.807, 2.05) is 36.0 Å². The van der Waals surface area contributed by atoms with Gasteiger partial charge in [0.25, 0.3) is 0 Å². The summed E-state index contributed by atoms with van der Waals surface area (Å²) in [6.07, 6.45) is 0. The summed E-state index contributed by atoms with van der Waals surface area (Å²) in [5.41, 5.74) is 15.2. The van der Waals surface area contributed by atoms with Gasteiger partial charge in [-0.2, -0.15) is 0 Å². The van der Waals surface area contributed by atoms with Crippen molar-refractivity contribution in [2.45, 2.75) is 15.2 Å². The van der Waals surface area contributed by atoms with Crippen molar-refractivity contribution < 1.29 is 0 Å². The summed E-state index contributed by atoms with van der Waals surface area (Å²) < 4.78 is 0. The molecule has 0 N–H and O–H groups in total. The van der Waals surface area contributed by atoms with Crippen LogP contribution in [0.15, 0.2) is 228 Å². The van der Waals surface area contributed by atoms with E-state index < -0.39 is 5.41 Å². The molecule has 1 spiro atoms. The monoisotopic (exact) mass is 832 g/mol. The lowest BCUT2D eigenvalue weighted by atomic mass is 9.67. The van der Waals surface area contributed by atoms with Gasteiger partial charge in [-0.3, -0.25) is 0 Å². The highest BCUT2D eigenvalue weighted by Crippen LogP contribution is 2.63. The van der Waals surface area contributed by atoms with E-state index >= 15 is 0 Å². The first-order valence-electron chi connectivity index (χ1n) is 21.6. The van der Waals surface area contributed by atoms with Crippen LogP contribution in [0.4, 0.5) is 0 Å². The predicted octanol–water partition coefficient (Wildman–Crippen LogP) is 14.7. The molecule has 0 amide bonds. The summed E-state index contributed by atoms with van der Waals surface area (Å²) in [4.78, 5) is 23.5. The highest BCUT2D eigenvalue weighted by Gasteiger charge is 2.50. The van der Waals surface area contributed by atoms with Crippen LogP contribution in [0.3, 0.4) is 0 Å². The fourth-order valence-electron chi connectivity index (χ4n) is 10.2. The van der Waals surface area contributed by atoms with Crippen molar-refractivity contribution in [2.75, 3.05) is 0 Å². The number of benzene rings is 9. The van der Waals surface area contributed by atoms with Gasteiger partial charge in [-0.25, -0.2) is 19.9 Å². The van der Waals surface area contributed by atoms with Gasteiger partial charge in [0.1, 0.15) is 0 Å². The van der Waals surface area contributed by atoms with Crippen LogP contribution in [-0.4, -0.2) is 19.9 Å². The minimum absolute atomic E-state index is 0.492. The number of hydrogen-bond acceptors (Lipinski definition) is 5. The molecule has 0 atom stereocenters. The fourth-order valence-corrected chi connectivity index (χ4v) is 11.5. The average molecular weight is 833 g/mol. The molecule has 1 aliphatic carbocycles. The maximum absolute atomic E-state index is 5.54. The summed E-state index contributed by atoms with van der Waals surface area (Å²) in [5.74, 6) is 1.83. The van der Waals surface area contributed by atoms with Crippen LogP contribution in [0.5, 0.6) is 0 Å². The lowest BCUT2D eigenvalue weighted by Crippen LogP contribution is -2.32. The first kappa shape index (κ1) is 36.6. The molecule has 298 valence electrons. The van der Waals surface area contributed by atoms with E-state index in [0.717, 1.165) is 55.4 Å². The highest BCUT2D eigenvalue weighted by molar-refractivity contribution is 7.99. The van der Waals surface area contributed by atoms with Gasteiger partial charge in [0, 0.05) is 48.2 Å². The first-order chi connectivity index (χ1) is 31.7. The van der Waals surface area contributed by atoms with E-state index in [1.54, 1.807) is 0 Å². The smallest absolute Gasteiger partial charge is 0.164 e. The normalized spacial score (nSPS) is 13.1. The maximum atomic E-state index is 5.54. The van der Waals surface area contributed by atoms with Crippen molar-refractivity contribution in [3.8, 4) is 67.7 Å². The van der Waals surface area contributed by atoms with Gasteiger partial charge in [0.2, 0.25) is 0 Å². The first-order valence-corrected chi connectivity index (χ1v) is 22.4. The van der Waals surface area contributed by atoms with Gasteiger partial charge in [0.05, 0.1) is 16.6 Å². The second-order valence-electron chi connectivity index (χ2n) is 16.5. The average Bonchev–Trinajstić information content (AvgIpc) is 3.67. The van der Waals surface area contributed by atoms with Crippen LogP contribution in [0, 0.1) is 0 Å². The van der Waals surface area contributed by atoms with Crippen molar-refractivity contribution in [1.82, 2.24) is 19.9 Å². The van der Waals surface area contributed by atoms with Crippen molar-refractivity contribution in [3.05, 3.63) is 241 Å². The van der Waals surface area contributed by atoms with Crippen LogP contribution in [0.2, 0.25) is 0 Å². The third kappa shape index (κ3) is 5.57. The predicted molar refractivity (Wildman–Crippen MR) is 261 cm³/mol. The van der Waals surface area contributed by atoms with Gasteiger partial charge in [0.15, 0.2) is 17.5 Å². The molecule has 0 saturated heterocycles. The zero-order valence-electron chi connectivity index (χ0n) is 34.5. The van der Waals surface area contributed by atoms with Crippen LogP contribution >= 0.6 is 11.8 Å². The van der Waals surface area contributed by atoms with E-state index in [-0.39, 0.29) is 0 Å². The Labute approximate surface area is 375 Å². The number of aromatic nitrogens is 4. The Balaban J connectivity index is 1.07. The van der Waals surface area contributed by atoms with Crippen LogP contribution in [0.25, 0.3) is 89.4 Å². The zero-order chi connectivity index (χ0) is 42.2. The van der Waals surface area contributed by atoms with E-state index in [2.05, 4.69) is 194 Å². The minimum atomic E-state index is -0.492. The van der Waals surface area contributed by atoms with Gasteiger partial charge in [-0.05, 0) is 62.7 Å². The van der Waals surface area contributed by atoms with Crippen molar-refractivity contribution in [2.24, 2.45) is 0 Å². The second-order valence-corrected chi connectivity index (χ2v) is 17.5. The quantitative estimate of drug-likeness (QED) is 0.162. The molecular weight excluding hydrogens is 797 g/mol. The van der Waals surface area contributed by atoms with E-state index in [9.17, 15) is 0 Å². The van der Waals surface area contributed by atoms with E-state index in [4.69, 9.17) is 19.9 Å². The molecule has 2 aromatic heterocycles. The second kappa shape index (κ2) is 14.6. The number of rotatable bonds is 5. The Bertz CT molecular complexity index is 3600. The van der Waals surface area contributed by atoms with Gasteiger partial charge < -0.3 is 0 Å². The van der Waals surface area contributed by atoms with Crippen LogP contribution < -0.4 is 0 Å². The summed E-state index contributed by atoms with van der Waals surface area (Å²) in [6, 6.07) is 77.9. The van der Waals surface area contributed by atoms with Gasteiger partial charge in [-0.15, -0.1) is 0 Å². The number of fused-ring (bicyclic) bond motifs is 13. The number of nitrogens with zero attached hydrogens (tertiary/aromatic N) is 4. The van der Waals surface area contributed by atoms with Gasteiger partial charge >= 0.3 is 0 Å². The number of pyridine rings is 1.